The van der Waals surface area contributed by atoms with Crippen molar-refractivity contribution in [3.63, 3.8) is 0 Å². The summed E-state index contributed by atoms with van der Waals surface area (Å²) in [6.45, 7) is -4.74. The van der Waals surface area contributed by atoms with E-state index in [0.717, 1.165) is 11.8 Å². The third-order valence-electron chi connectivity index (χ3n) is 1.50. The molecule has 14 heavy (non-hydrogen) atoms. The van der Waals surface area contributed by atoms with Crippen molar-refractivity contribution in [2.75, 3.05) is 12.8 Å². The quantitative estimate of drug-likeness (QED) is 0.570. The predicted molar refractivity (Wildman–Crippen MR) is 52.8 cm³/mol. The van der Waals surface area contributed by atoms with Crippen molar-refractivity contribution in [1.82, 2.24) is 0 Å². The van der Waals surface area contributed by atoms with Crippen LogP contribution in [0.2, 0.25) is 0 Å². The van der Waals surface area contributed by atoms with Gasteiger partial charge in [-0.1, -0.05) is 12.1 Å². The minimum absolute atomic E-state index is 0.484. The number of para-hydroxylation sites is 1. The van der Waals surface area contributed by atoms with Crippen LogP contribution in [0, 0.1) is 0 Å². The fraction of sp³-hybridized carbons (Fsp3) is 0.250. The Balaban J connectivity index is 2.67. The van der Waals surface area contributed by atoms with Crippen LogP contribution < -0.4 is 4.74 Å². The number of hydrogen-bond donors (Lipinski definition) is 0. The van der Waals surface area contributed by atoms with E-state index in [4.69, 9.17) is 4.74 Å². The molecule has 1 rings (SSSR count). The van der Waals surface area contributed by atoms with Crippen molar-refractivity contribution in [2.45, 2.75) is 4.90 Å². The molecule has 0 radical (unpaired) electrons. The molecule has 1 aromatic rings. The van der Waals surface area contributed by atoms with Crippen molar-refractivity contribution in [2.24, 2.45) is 0 Å². The van der Waals surface area contributed by atoms with Crippen LogP contribution in [0.4, 0.5) is 12.9 Å². The van der Waals surface area contributed by atoms with E-state index < -0.39 is 12.6 Å². The Kier molecular flexibility index (Phi) is 3.74. The van der Waals surface area contributed by atoms with E-state index in [9.17, 15) is 12.9 Å². The summed E-state index contributed by atoms with van der Waals surface area (Å²) in [4.78, 5) is 0.522. The highest BCUT2D eigenvalue weighted by atomic mass is 32.2. The van der Waals surface area contributed by atoms with E-state index >= 15 is 0 Å². The Morgan fingerprint density at radius 1 is 1.29 bits per heavy atom. The van der Waals surface area contributed by atoms with Gasteiger partial charge >= 0.3 is 6.98 Å². The molecule has 0 amide bonds. The molecule has 78 valence electrons. The summed E-state index contributed by atoms with van der Waals surface area (Å²) in [5, 5.41) is 0. The highest BCUT2D eigenvalue weighted by Crippen LogP contribution is 2.31. The van der Waals surface area contributed by atoms with E-state index in [1.807, 2.05) is 0 Å². The van der Waals surface area contributed by atoms with Gasteiger partial charge in [0, 0.05) is 4.90 Å². The van der Waals surface area contributed by atoms with Gasteiger partial charge in [0.05, 0.1) is 7.11 Å². The summed E-state index contributed by atoms with van der Waals surface area (Å²) < 4.78 is 40.9. The maximum absolute atomic E-state index is 12.0. The molecule has 0 atom stereocenters. The molecule has 0 fully saturated rings. The largest absolute Gasteiger partial charge is 0.496 e. The zero-order chi connectivity index (χ0) is 10.6. The zero-order valence-corrected chi connectivity index (χ0v) is 8.36. The molecule has 0 saturated carbocycles. The van der Waals surface area contributed by atoms with E-state index in [2.05, 4.69) is 0 Å². The first-order valence-corrected chi connectivity index (χ1v) is 4.98. The average molecular weight is 221 g/mol. The second-order valence-electron chi connectivity index (χ2n) is 2.67. The van der Waals surface area contributed by atoms with Gasteiger partial charge in [-0.05, 0) is 17.8 Å². The summed E-state index contributed by atoms with van der Waals surface area (Å²) in [7, 11) is 1.44. The maximum atomic E-state index is 12.0. The van der Waals surface area contributed by atoms with E-state index in [-0.39, 0.29) is 0 Å². The second kappa shape index (κ2) is 4.64. The first-order chi connectivity index (χ1) is 6.53. The number of benzene rings is 1. The lowest BCUT2D eigenvalue weighted by Crippen LogP contribution is -2.18. The van der Waals surface area contributed by atoms with Gasteiger partial charge in [-0.3, -0.25) is 0 Å². The minimum Gasteiger partial charge on any atom is -0.496 e. The van der Waals surface area contributed by atoms with Crippen LogP contribution >= 0.6 is 11.8 Å². The van der Waals surface area contributed by atoms with Crippen LogP contribution in [0.25, 0.3) is 0 Å². The molecule has 1 aromatic carbocycles. The van der Waals surface area contributed by atoms with Crippen LogP contribution in [0.5, 0.6) is 5.75 Å². The molecule has 0 aromatic heterocycles. The number of ether oxygens (including phenoxy) is 1. The lowest BCUT2D eigenvalue weighted by molar-refractivity contribution is 0.405. The molecule has 0 saturated heterocycles. The Morgan fingerprint density at radius 3 is 2.50 bits per heavy atom. The van der Waals surface area contributed by atoms with Gasteiger partial charge in [0.25, 0.3) is 0 Å². The SMILES string of the molecule is COc1ccccc1SC[B-](F)(F)F. The maximum Gasteiger partial charge on any atom is 0.488 e. The van der Waals surface area contributed by atoms with E-state index in [1.54, 1.807) is 24.3 Å². The lowest BCUT2D eigenvalue weighted by atomic mass is 9.98. The number of hydrogen-bond acceptors (Lipinski definition) is 2. The summed E-state index contributed by atoms with van der Waals surface area (Å²) in [5.74, 6) is 0.484. The monoisotopic (exact) mass is 221 g/mol. The van der Waals surface area contributed by atoms with Gasteiger partial charge < -0.3 is 17.7 Å². The number of thioether (sulfide) groups is 1. The molecule has 0 bridgehead atoms. The van der Waals surface area contributed by atoms with Crippen LogP contribution in [-0.2, 0) is 0 Å². The first kappa shape index (κ1) is 11.3. The van der Waals surface area contributed by atoms with Crippen LogP contribution in [0.15, 0.2) is 29.2 Å². The van der Waals surface area contributed by atoms with Gasteiger partial charge in [0.15, 0.2) is 0 Å². The van der Waals surface area contributed by atoms with Crippen LogP contribution in [0.3, 0.4) is 0 Å². The highest BCUT2D eigenvalue weighted by Gasteiger charge is 2.23. The molecule has 0 aliphatic heterocycles. The van der Waals surface area contributed by atoms with Gasteiger partial charge in [0.1, 0.15) is 5.75 Å². The predicted octanol–water partition coefficient (Wildman–Crippen LogP) is 3.17. The Hall–Kier alpha value is -0.775. The zero-order valence-electron chi connectivity index (χ0n) is 7.54. The third-order valence-corrected chi connectivity index (χ3v) is 2.69. The molecule has 0 aliphatic carbocycles. The van der Waals surface area contributed by atoms with Crippen molar-refractivity contribution in [3.05, 3.63) is 24.3 Å². The summed E-state index contributed by atoms with van der Waals surface area (Å²) >= 11 is 0.756. The fourth-order valence-corrected chi connectivity index (χ4v) is 1.76. The van der Waals surface area contributed by atoms with Gasteiger partial charge in [-0.2, -0.15) is 11.8 Å². The number of methoxy groups -OCH3 is 1. The Bertz CT molecular complexity index is 303. The minimum atomic E-state index is -4.74. The summed E-state index contributed by atoms with van der Waals surface area (Å²) in [5.41, 5.74) is -0.833. The third kappa shape index (κ3) is 3.53. The van der Waals surface area contributed by atoms with Crippen molar-refractivity contribution in [1.29, 1.82) is 0 Å². The van der Waals surface area contributed by atoms with Crippen molar-refractivity contribution < 1.29 is 17.7 Å². The molecule has 6 heteroatoms. The van der Waals surface area contributed by atoms with Gasteiger partial charge in [0.2, 0.25) is 0 Å². The molecular weight excluding hydrogens is 212 g/mol. The smallest absolute Gasteiger partial charge is 0.488 e. The first-order valence-electron chi connectivity index (χ1n) is 4.00. The average Bonchev–Trinajstić information content (AvgIpc) is 2.14. The van der Waals surface area contributed by atoms with E-state index in [0.29, 0.717) is 10.6 Å². The van der Waals surface area contributed by atoms with Crippen LogP contribution in [0.1, 0.15) is 0 Å². The standard InChI is InChI=1S/C8H9BF3OS/c1-13-7-4-2-3-5-8(7)14-6-9(10,11)12/h2-5H,6H2,1H3/q-1. The second-order valence-corrected chi connectivity index (χ2v) is 3.73. The Labute approximate surface area is 84.7 Å². The molecule has 0 aliphatic rings. The molecule has 0 spiro atoms. The van der Waals surface area contributed by atoms with Gasteiger partial charge in [-0.25, -0.2) is 0 Å². The molecule has 1 nitrogen and oxygen atoms in total. The normalized spacial score (nSPS) is 11.4. The summed E-state index contributed by atoms with van der Waals surface area (Å²) in [6, 6.07) is 6.67. The highest BCUT2D eigenvalue weighted by molar-refractivity contribution is 8.00. The lowest BCUT2D eigenvalue weighted by Gasteiger charge is -2.14. The van der Waals surface area contributed by atoms with Gasteiger partial charge in [-0.15, -0.1) is 0 Å². The number of halogens is 3. The molecule has 0 heterocycles. The van der Waals surface area contributed by atoms with E-state index in [1.165, 1.54) is 7.11 Å². The molecule has 0 N–H and O–H groups in total. The Morgan fingerprint density at radius 2 is 1.93 bits per heavy atom. The van der Waals surface area contributed by atoms with Crippen LogP contribution in [-0.4, -0.2) is 19.7 Å². The fourth-order valence-electron chi connectivity index (χ4n) is 0.922. The number of rotatable bonds is 4. The van der Waals surface area contributed by atoms with Crippen molar-refractivity contribution >= 4 is 18.7 Å². The molecule has 0 unspecified atom stereocenters. The topological polar surface area (TPSA) is 9.23 Å². The van der Waals surface area contributed by atoms with Crippen molar-refractivity contribution in [3.8, 4) is 5.75 Å². The molecular formula is C8H9BF3OS-. The summed E-state index contributed by atoms with van der Waals surface area (Å²) in [6.07, 6.45) is 0.